The van der Waals surface area contributed by atoms with Gasteiger partial charge in [-0.25, -0.2) is 4.79 Å². The number of hydrogen-bond acceptors (Lipinski definition) is 6. The van der Waals surface area contributed by atoms with Gasteiger partial charge in [-0.1, -0.05) is 0 Å². The van der Waals surface area contributed by atoms with Crippen LogP contribution in [0.3, 0.4) is 0 Å². The van der Waals surface area contributed by atoms with E-state index in [9.17, 15) is 14.4 Å². The molecule has 0 fully saturated rings. The minimum Gasteiger partial charge on any atom is -0.461 e. The lowest BCUT2D eigenvalue weighted by Crippen LogP contribution is -2.44. The van der Waals surface area contributed by atoms with Gasteiger partial charge in [-0.15, -0.1) is 0 Å². The van der Waals surface area contributed by atoms with Crippen molar-refractivity contribution < 1.29 is 23.9 Å². The number of carbonyl (C=O) groups is 3. The summed E-state index contributed by atoms with van der Waals surface area (Å²) in [4.78, 5) is 34.7. The molecule has 7 heteroatoms. The van der Waals surface area contributed by atoms with Crippen LogP contribution in [-0.2, 0) is 23.9 Å². The van der Waals surface area contributed by atoms with Gasteiger partial charge >= 0.3 is 5.97 Å². The van der Waals surface area contributed by atoms with Gasteiger partial charge in [0.1, 0.15) is 12.6 Å². The lowest BCUT2D eigenvalue weighted by molar-refractivity contribution is -0.152. The molecule has 2 N–H and O–H groups in total. The zero-order chi connectivity index (χ0) is 16.4. The van der Waals surface area contributed by atoms with Gasteiger partial charge in [0.25, 0.3) is 0 Å². The lowest BCUT2D eigenvalue weighted by Gasteiger charge is -2.19. The Labute approximate surface area is 124 Å². The summed E-state index contributed by atoms with van der Waals surface area (Å²) in [5.41, 5.74) is 0. The van der Waals surface area contributed by atoms with E-state index in [0.29, 0.717) is 6.21 Å². The van der Waals surface area contributed by atoms with Crippen molar-refractivity contribution in [2.24, 2.45) is 0 Å². The molecule has 21 heavy (non-hydrogen) atoms. The summed E-state index contributed by atoms with van der Waals surface area (Å²) in [6.45, 7) is 6.81. The molecule has 0 saturated heterocycles. The highest BCUT2D eigenvalue weighted by Gasteiger charge is 2.23. The Morgan fingerprint density at radius 1 is 1.14 bits per heavy atom. The van der Waals surface area contributed by atoms with Gasteiger partial charge < -0.3 is 20.2 Å². The molecular weight excluding hydrogens is 276 g/mol. The summed E-state index contributed by atoms with van der Waals surface area (Å²) in [6.07, 6.45) is 0.354. The van der Waals surface area contributed by atoms with Gasteiger partial charge in [0.2, 0.25) is 5.91 Å². The SMILES string of the molecule is CC(C)OCC(=O)N[C@@H](CCC(=O)C=N)C(=O)OC(C)C. The van der Waals surface area contributed by atoms with E-state index in [0.717, 1.165) is 0 Å². The molecule has 0 heterocycles. The van der Waals surface area contributed by atoms with Crippen LogP contribution in [0.25, 0.3) is 0 Å². The van der Waals surface area contributed by atoms with Crippen molar-refractivity contribution in [2.45, 2.75) is 58.8 Å². The molecular formula is C14H24N2O5. The number of nitrogens with one attached hydrogen (secondary N) is 2. The first-order valence-corrected chi connectivity index (χ1v) is 6.91. The van der Waals surface area contributed by atoms with Crippen LogP contribution in [0.15, 0.2) is 0 Å². The summed E-state index contributed by atoms with van der Waals surface area (Å²) >= 11 is 0. The molecule has 0 unspecified atom stereocenters. The first-order valence-electron chi connectivity index (χ1n) is 6.91. The number of amides is 1. The van der Waals surface area contributed by atoms with Gasteiger partial charge in [-0.05, 0) is 34.1 Å². The van der Waals surface area contributed by atoms with E-state index >= 15 is 0 Å². The summed E-state index contributed by atoms with van der Waals surface area (Å²) in [5.74, 6) is -1.46. The smallest absolute Gasteiger partial charge is 0.328 e. The molecule has 0 saturated carbocycles. The third kappa shape index (κ3) is 9.73. The number of carbonyl (C=O) groups excluding carboxylic acids is 3. The van der Waals surface area contributed by atoms with Crippen LogP contribution in [0.1, 0.15) is 40.5 Å². The van der Waals surface area contributed by atoms with Crippen molar-refractivity contribution in [3.8, 4) is 0 Å². The average Bonchev–Trinajstić information content (AvgIpc) is 2.39. The molecule has 0 aromatic heterocycles. The van der Waals surface area contributed by atoms with Crippen LogP contribution in [0, 0.1) is 5.41 Å². The molecule has 0 aliphatic rings. The molecule has 0 aromatic rings. The minimum atomic E-state index is -0.917. The van der Waals surface area contributed by atoms with Gasteiger partial charge in [-0.3, -0.25) is 9.59 Å². The second-order valence-corrected chi connectivity index (χ2v) is 5.11. The maximum atomic E-state index is 11.9. The summed E-state index contributed by atoms with van der Waals surface area (Å²) in [5, 5.41) is 9.32. The van der Waals surface area contributed by atoms with E-state index < -0.39 is 23.7 Å². The van der Waals surface area contributed by atoms with Crippen LogP contribution in [0.2, 0.25) is 0 Å². The fourth-order valence-corrected chi connectivity index (χ4v) is 1.40. The van der Waals surface area contributed by atoms with Crippen molar-refractivity contribution >= 4 is 23.9 Å². The van der Waals surface area contributed by atoms with Crippen LogP contribution in [0.4, 0.5) is 0 Å². The first-order chi connectivity index (χ1) is 9.76. The monoisotopic (exact) mass is 300 g/mol. The molecule has 0 bridgehead atoms. The van der Waals surface area contributed by atoms with E-state index in [1.54, 1.807) is 27.7 Å². The van der Waals surface area contributed by atoms with Gasteiger partial charge in [0.15, 0.2) is 5.78 Å². The van der Waals surface area contributed by atoms with E-state index in [4.69, 9.17) is 14.9 Å². The number of Topliss-reactive ketones (excluding diaryl/α,β-unsaturated/α-hetero) is 1. The standard InChI is InChI=1S/C14H24N2O5/c1-9(2)20-8-13(18)16-12(6-5-11(17)7-15)14(19)21-10(3)4/h7,9-10,12,15H,5-6,8H2,1-4H3,(H,16,18)/t12-/m0/s1. The predicted molar refractivity (Wildman–Crippen MR) is 77.3 cm³/mol. The van der Waals surface area contributed by atoms with Crippen molar-refractivity contribution in [1.29, 1.82) is 5.41 Å². The second-order valence-electron chi connectivity index (χ2n) is 5.11. The average molecular weight is 300 g/mol. The summed E-state index contributed by atoms with van der Waals surface area (Å²) in [6, 6.07) is -0.917. The number of ether oxygens (including phenoxy) is 2. The van der Waals surface area contributed by atoms with E-state index in [1.807, 2.05) is 0 Å². The number of ketones is 1. The highest BCUT2D eigenvalue weighted by Crippen LogP contribution is 2.03. The Balaban J connectivity index is 4.55. The quantitative estimate of drug-likeness (QED) is 0.459. The number of esters is 1. The van der Waals surface area contributed by atoms with Crippen molar-refractivity contribution in [2.75, 3.05) is 6.61 Å². The largest absolute Gasteiger partial charge is 0.461 e. The van der Waals surface area contributed by atoms with Gasteiger partial charge in [-0.2, -0.15) is 0 Å². The Hall–Kier alpha value is -1.76. The van der Waals surface area contributed by atoms with Crippen molar-refractivity contribution in [3.63, 3.8) is 0 Å². The predicted octanol–water partition coefficient (Wildman–Crippen LogP) is 0.847. The van der Waals surface area contributed by atoms with E-state index in [1.165, 1.54) is 0 Å². The third-order valence-electron chi connectivity index (χ3n) is 2.36. The molecule has 0 radical (unpaired) electrons. The van der Waals surface area contributed by atoms with Gasteiger partial charge in [0, 0.05) is 6.42 Å². The highest BCUT2D eigenvalue weighted by atomic mass is 16.5. The summed E-state index contributed by atoms with van der Waals surface area (Å²) < 4.78 is 10.2. The molecule has 1 amide bonds. The van der Waals surface area contributed by atoms with Crippen molar-refractivity contribution in [3.05, 3.63) is 0 Å². The maximum absolute atomic E-state index is 11.9. The number of rotatable bonds is 10. The van der Waals surface area contributed by atoms with Crippen LogP contribution in [0.5, 0.6) is 0 Å². The van der Waals surface area contributed by atoms with Crippen molar-refractivity contribution in [1.82, 2.24) is 5.32 Å². The van der Waals surface area contributed by atoms with E-state index in [-0.39, 0.29) is 31.7 Å². The van der Waals surface area contributed by atoms with Gasteiger partial charge in [0.05, 0.1) is 18.4 Å². The molecule has 0 spiro atoms. The van der Waals surface area contributed by atoms with Crippen LogP contribution >= 0.6 is 0 Å². The molecule has 7 nitrogen and oxygen atoms in total. The number of hydrogen-bond donors (Lipinski definition) is 2. The Bertz CT molecular complexity index is 380. The minimum absolute atomic E-state index is 0.00726. The third-order valence-corrected chi connectivity index (χ3v) is 2.36. The maximum Gasteiger partial charge on any atom is 0.328 e. The van der Waals surface area contributed by atoms with Crippen LogP contribution in [-0.4, -0.2) is 48.7 Å². The Morgan fingerprint density at radius 3 is 2.24 bits per heavy atom. The fraction of sp³-hybridized carbons (Fsp3) is 0.714. The zero-order valence-corrected chi connectivity index (χ0v) is 13.0. The molecule has 0 aliphatic heterocycles. The normalized spacial score (nSPS) is 12.1. The Kier molecular flexibility index (Phi) is 9.20. The Morgan fingerprint density at radius 2 is 1.76 bits per heavy atom. The molecule has 0 aromatic carbocycles. The zero-order valence-electron chi connectivity index (χ0n) is 13.0. The molecule has 1 atom stereocenters. The molecule has 0 rings (SSSR count). The topological polar surface area (TPSA) is 106 Å². The molecule has 0 aliphatic carbocycles. The summed E-state index contributed by atoms with van der Waals surface area (Å²) in [7, 11) is 0. The highest BCUT2D eigenvalue weighted by molar-refractivity contribution is 6.26. The lowest BCUT2D eigenvalue weighted by atomic mass is 10.1. The molecule has 120 valence electrons. The van der Waals surface area contributed by atoms with E-state index in [2.05, 4.69) is 5.32 Å². The second kappa shape index (κ2) is 10.0. The fourth-order valence-electron chi connectivity index (χ4n) is 1.40. The first kappa shape index (κ1) is 19.2. The van der Waals surface area contributed by atoms with Crippen LogP contribution < -0.4 is 5.32 Å².